The van der Waals surface area contributed by atoms with Crippen molar-refractivity contribution in [3.63, 3.8) is 0 Å². The van der Waals surface area contributed by atoms with Crippen LogP contribution in [0.1, 0.15) is 92.9 Å². The molecule has 0 bridgehead atoms. The van der Waals surface area contributed by atoms with E-state index in [4.69, 9.17) is 0 Å². The molecule has 2 rings (SSSR count). The number of unbranched alkanes of at least 4 members (excludes halogenated alkanes) is 2. The second-order valence-electron chi connectivity index (χ2n) is 7.45. The monoisotopic (exact) mass is 388 g/mol. The first kappa shape index (κ1) is 19.2. The zero-order chi connectivity index (χ0) is 17.0. The number of allylic oxidation sites excluding steroid dienone is 8. The fourth-order valence-electron chi connectivity index (χ4n) is 3.74. The van der Waals surface area contributed by atoms with Crippen LogP contribution in [0.3, 0.4) is 0 Å². The van der Waals surface area contributed by atoms with Crippen molar-refractivity contribution in [2.45, 2.75) is 92.9 Å². The van der Waals surface area contributed by atoms with E-state index in [9.17, 15) is 0 Å². The van der Waals surface area contributed by atoms with E-state index in [1.807, 2.05) is 17.7 Å². The van der Waals surface area contributed by atoms with Crippen LogP contribution < -0.4 is 0 Å². The number of hydrogen-bond donors (Lipinski definition) is 0. The van der Waals surface area contributed by atoms with Crippen LogP contribution in [-0.2, 0) is 23.2 Å². The normalized spacial score (nSPS) is 18.9. The molecule has 0 N–H and O–H groups in total. The van der Waals surface area contributed by atoms with E-state index in [1.54, 1.807) is 22.3 Å². The van der Waals surface area contributed by atoms with Gasteiger partial charge in [-0.25, -0.2) is 0 Å². The summed E-state index contributed by atoms with van der Waals surface area (Å²) < 4.78 is 3.72. The minimum absolute atomic E-state index is 0.638. The van der Waals surface area contributed by atoms with Crippen LogP contribution in [0.25, 0.3) is 0 Å². The van der Waals surface area contributed by atoms with E-state index in [-0.39, 0.29) is 0 Å². The van der Waals surface area contributed by atoms with Gasteiger partial charge in [0, 0.05) is 0 Å². The molecule has 2 aliphatic rings. The molecule has 0 aromatic carbocycles. The molecule has 0 saturated carbocycles. The summed E-state index contributed by atoms with van der Waals surface area (Å²) in [5.41, 5.74) is 10.3. The Morgan fingerprint density at radius 1 is 0.696 bits per heavy atom. The fourth-order valence-corrected chi connectivity index (χ4v) is 8.24. The Kier molecular flexibility index (Phi) is 7.33. The Bertz CT molecular complexity index is 529. The molecular weight excluding hydrogens is 355 g/mol. The van der Waals surface area contributed by atoms with Gasteiger partial charge in [0.1, 0.15) is 0 Å². The first-order chi connectivity index (χ1) is 11.0. The van der Waals surface area contributed by atoms with Crippen LogP contribution in [0.2, 0.25) is 0 Å². The molecule has 0 fully saturated rings. The Morgan fingerprint density at radius 3 is 1.43 bits per heavy atom. The summed E-state index contributed by atoms with van der Waals surface area (Å²) in [7, 11) is 0. The summed E-state index contributed by atoms with van der Waals surface area (Å²) in [4.78, 5) is 0. The van der Waals surface area contributed by atoms with Gasteiger partial charge in [0.15, 0.2) is 0 Å². The van der Waals surface area contributed by atoms with Crippen LogP contribution >= 0.6 is 0 Å². The summed E-state index contributed by atoms with van der Waals surface area (Å²) >= 11 is -0.638. The standard InChI is InChI=1S/2C11H17.Zr/c2*1-4-5-6-11-7-9(2)10(3)8-11;/h2*4-7H2,1-3H3;. The second kappa shape index (κ2) is 8.80. The van der Waals surface area contributed by atoms with Gasteiger partial charge < -0.3 is 0 Å². The van der Waals surface area contributed by atoms with Crippen molar-refractivity contribution in [1.82, 2.24) is 0 Å². The zero-order valence-electron chi connectivity index (χ0n) is 16.2. The van der Waals surface area contributed by atoms with Crippen LogP contribution in [0, 0.1) is 0 Å². The summed E-state index contributed by atoms with van der Waals surface area (Å²) in [5.74, 6) is 0. The van der Waals surface area contributed by atoms with Gasteiger partial charge in [-0.2, -0.15) is 0 Å². The first-order valence-corrected chi connectivity index (χ1v) is 12.0. The molecule has 2 aliphatic carbocycles. The summed E-state index contributed by atoms with van der Waals surface area (Å²) in [6.07, 6.45) is 10.6. The Balaban J connectivity index is 2.28. The van der Waals surface area contributed by atoms with Gasteiger partial charge in [0.2, 0.25) is 0 Å². The van der Waals surface area contributed by atoms with E-state index < -0.39 is 23.2 Å². The molecule has 0 nitrogen and oxygen atoms in total. The molecule has 126 valence electrons. The molecule has 23 heavy (non-hydrogen) atoms. The predicted molar refractivity (Wildman–Crippen MR) is 99.1 cm³/mol. The van der Waals surface area contributed by atoms with E-state index in [2.05, 4.69) is 41.5 Å². The van der Waals surface area contributed by atoms with Gasteiger partial charge in [0.05, 0.1) is 0 Å². The van der Waals surface area contributed by atoms with E-state index in [0.717, 1.165) is 0 Å². The van der Waals surface area contributed by atoms with Gasteiger partial charge in [-0.05, 0) is 0 Å². The molecule has 0 aliphatic heterocycles. The Hall–Kier alpha value is -0.157. The molecule has 1 heteroatoms. The molecule has 0 spiro atoms. The summed E-state index contributed by atoms with van der Waals surface area (Å²) in [5, 5.41) is 0. The third kappa shape index (κ3) is 4.47. The minimum atomic E-state index is -0.638. The molecule has 0 unspecified atom stereocenters. The molecule has 0 atom stereocenters. The number of hydrogen-bond acceptors (Lipinski definition) is 0. The quantitative estimate of drug-likeness (QED) is 0.404. The molecule has 0 saturated heterocycles. The van der Waals surface area contributed by atoms with Crippen LogP contribution in [0.5, 0.6) is 0 Å². The van der Waals surface area contributed by atoms with E-state index >= 15 is 0 Å². The summed E-state index contributed by atoms with van der Waals surface area (Å²) in [6.45, 7) is 14.2. The Labute approximate surface area is 155 Å². The molecule has 0 heterocycles. The Morgan fingerprint density at radius 2 is 1.09 bits per heavy atom. The average Bonchev–Trinajstić information content (AvgIpc) is 2.95. The SMILES string of the molecule is CCCCC1=[C]([Zr][C]2=C(CCCC)CC(C)=C2C)C(C)=C(C)C1. The topological polar surface area (TPSA) is 0 Å². The second-order valence-corrected chi connectivity index (χ2v) is 10.5. The first-order valence-electron chi connectivity index (χ1n) is 9.54. The fraction of sp³-hybridized carbons (Fsp3) is 0.636. The van der Waals surface area contributed by atoms with Gasteiger partial charge in [-0.1, -0.05) is 0 Å². The van der Waals surface area contributed by atoms with Gasteiger partial charge in [-0.15, -0.1) is 0 Å². The maximum absolute atomic E-state index is 2.40. The third-order valence-electron chi connectivity index (χ3n) is 5.61. The van der Waals surface area contributed by atoms with Gasteiger partial charge in [0.25, 0.3) is 0 Å². The van der Waals surface area contributed by atoms with Gasteiger partial charge >= 0.3 is 156 Å². The van der Waals surface area contributed by atoms with Crippen LogP contribution in [-0.4, -0.2) is 0 Å². The van der Waals surface area contributed by atoms with Gasteiger partial charge in [-0.3, -0.25) is 0 Å². The third-order valence-corrected chi connectivity index (χ3v) is 10.4. The van der Waals surface area contributed by atoms with Crippen molar-refractivity contribution in [3.8, 4) is 0 Å². The molecule has 0 aromatic rings. The molecular formula is C22H34Zr. The summed E-state index contributed by atoms with van der Waals surface area (Å²) in [6, 6.07) is 0. The van der Waals surface area contributed by atoms with Crippen molar-refractivity contribution < 1.29 is 23.2 Å². The number of rotatable bonds is 8. The maximum atomic E-state index is 2.40. The van der Waals surface area contributed by atoms with Crippen molar-refractivity contribution >= 4 is 0 Å². The average molecular weight is 390 g/mol. The van der Waals surface area contributed by atoms with Crippen molar-refractivity contribution in [3.05, 3.63) is 40.0 Å². The zero-order valence-corrected chi connectivity index (χ0v) is 18.6. The molecule has 0 amide bonds. The molecule has 0 aromatic heterocycles. The van der Waals surface area contributed by atoms with Crippen LogP contribution in [0.4, 0.5) is 0 Å². The van der Waals surface area contributed by atoms with E-state index in [0.29, 0.717) is 0 Å². The van der Waals surface area contributed by atoms with Crippen molar-refractivity contribution in [2.24, 2.45) is 0 Å². The van der Waals surface area contributed by atoms with Crippen molar-refractivity contribution in [2.75, 3.05) is 0 Å². The predicted octanol–water partition coefficient (Wildman–Crippen LogP) is 7.44. The van der Waals surface area contributed by atoms with Crippen molar-refractivity contribution in [1.29, 1.82) is 0 Å². The molecule has 0 radical (unpaired) electrons. The van der Waals surface area contributed by atoms with Crippen LogP contribution in [0.15, 0.2) is 40.0 Å². The van der Waals surface area contributed by atoms with E-state index in [1.165, 1.54) is 51.4 Å².